The molecule has 0 unspecified atom stereocenters. The molecule has 0 radical (unpaired) electrons. The number of rotatable bonds is 5. The maximum absolute atomic E-state index is 9.42. The molecule has 114 valence electrons. The van der Waals surface area contributed by atoms with Gasteiger partial charge in [-0.15, -0.1) is 11.3 Å². The Bertz CT molecular complexity index is 638. The number of hydrazine groups is 1. The van der Waals surface area contributed by atoms with E-state index in [0.717, 1.165) is 41.8 Å². The van der Waals surface area contributed by atoms with E-state index in [1.54, 1.807) is 11.3 Å². The number of nitrogens with zero attached hydrogens (tertiary/aromatic N) is 3. The molecule has 4 N–H and O–H groups in total. The molecule has 6 nitrogen and oxygen atoms in total. The Balaban J connectivity index is 1.92. The average Bonchev–Trinajstić information content (AvgIpc) is 2.87. The third-order valence-corrected chi connectivity index (χ3v) is 5.18. The van der Waals surface area contributed by atoms with Crippen LogP contribution in [0.25, 0.3) is 10.2 Å². The van der Waals surface area contributed by atoms with Crippen LogP contribution in [0.1, 0.15) is 24.6 Å². The van der Waals surface area contributed by atoms with Gasteiger partial charge in [0.05, 0.1) is 11.5 Å². The third-order valence-electron chi connectivity index (χ3n) is 4.01. The number of nitrogen functional groups attached to an aromatic ring is 1. The molecule has 3 rings (SSSR count). The van der Waals surface area contributed by atoms with E-state index in [1.807, 2.05) is 7.05 Å². The number of fused-ring (bicyclic) bond motifs is 1. The van der Waals surface area contributed by atoms with Crippen molar-refractivity contribution in [2.24, 2.45) is 11.8 Å². The molecule has 0 bridgehead atoms. The van der Waals surface area contributed by atoms with Gasteiger partial charge in [0.2, 0.25) is 5.95 Å². The molecule has 1 aliphatic rings. The highest BCUT2D eigenvalue weighted by Gasteiger charge is 2.29. The number of aliphatic hydroxyl groups excluding tert-OH is 1. The Morgan fingerprint density at radius 3 is 2.86 bits per heavy atom. The number of anilines is 2. The van der Waals surface area contributed by atoms with Crippen LogP contribution in [0.5, 0.6) is 0 Å². The molecule has 21 heavy (non-hydrogen) atoms. The first-order chi connectivity index (χ1) is 10.1. The second-order valence-corrected chi connectivity index (χ2v) is 6.79. The summed E-state index contributed by atoms with van der Waals surface area (Å²) < 4.78 is 0. The number of aryl methyl sites for hydroxylation is 1. The van der Waals surface area contributed by atoms with Gasteiger partial charge in [-0.3, -0.25) is 5.43 Å². The summed E-state index contributed by atoms with van der Waals surface area (Å²) in [7, 11) is 2.04. The van der Waals surface area contributed by atoms with E-state index in [2.05, 4.69) is 33.3 Å². The van der Waals surface area contributed by atoms with E-state index in [9.17, 15) is 5.11 Å². The Morgan fingerprint density at radius 2 is 2.24 bits per heavy atom. The highest BCUT2D eigenvalue weighted by Crippen LogP contribution is 2.34. The van der Waals surface area contributed by atoms with E-state index in [-0.39, 0.29) is 6.10 Å². The van der Waals surface area contributed by atoms with Crippen molar-refractivity contribution in [3.05, 3.63) is 10.9 Å². The molecular weight excluding hydrogens is 286 g/mol. The quantitative estimate of drug-likeness (QED) is 0.576. The van der Waals surface area contributed by atoms with E-state index in [4.69, 9.17) is 5.84 Å². The summed E-state index contributed by atoms with van der Waals surface area (Å²) in [5.74, 6) is 7.37. The normalized spacial score (nSPS) is 21.3. The van der Waals surface area contributed by atoms with Crippen molar-refractivity contribution in [1.82, 2.24) is 9.97 Å². The lowest BCUT2D eigenvalue weighted by Gasteiger charge is -2.35. The zero-order valence-corrected chi connectivity index (χ0v) is 13.2. The monoisotopic (exact) mass is 307 g/mol. The lowest BCUT2D eigenvalue weighted by atomic mass is 9.82. The summed E-state index contributed by atoms with van der Waals surface area (Å²) in [5, 5.41) is 10.5. The Kier molecular flexibility index (Phi) is 3.97. The molecule has 2 aromatic rings. The molecule has 1 fully saturated rings. The summed E-state index contributed by atoms with van der Waals surface area (Å²) in [6.07, 6.45) is 2.63. The molecule has 1 saturated carbocycles. The van der Waals surface area contributed by atoms with Gasteiger partial charge in [-0.25, -0.2) is 10.8 Å². The molecule has 0 spiro atoms. The van der Waals surface area contributed by atoms with E-state index in [1.165, 1.54) is 4.88 Å². The first-order valence-corrected chi connectivity index (χ1v) is 8.08. The molecule has 0 aromatic carbocycles. The lowest BCUT2D eigenvalue weighted by Crippen LogP contribution is -2.37. The average molecular weight is 307 g/mol. The number of nitrogens with one attached hydrogen (secondary N) is 1. The maximum atomic E-state index is 9.42. The van der Waals surface area contributed by atoms with Gasteiger partial charge in [0.25, 0.3) is 0 Å². The Morgan fingerprint density at radius 1 is 1.48 bits per heavy atom. The SMILES string of the molecule is CCc1cc2c(N(C)CC3CC(O)C3)nc(NN)nc2s1. The number of nitrogens with two attached hydrogens (primary N) is 1. The topological polar surface area (TPSA) is 87.3 Å². The minimum atomic E-state index is -0.122. The molecular formula is C14H21N5OS. The van der Waals surface area contributed by atoms with Crippen LogP contribution >= 0.6 is 11.3 Å². The van der Waals surface area contributed by atoms with Crippen LogP contribution < -0.4 is 16.2 Å². The number of aliphatic hydroxyl groups is 1. The number of hydrogen-bond acceptors (Lipinski definition) is 7. The van der Waals surface area contributed by atoms with Crippen LogP contribution in [0.4, 0.5) is 11.8 Å². The van der Waals surface area contributed by atoms with Crippen molar-refractivity contribution in [3.8, 4) is 0 Å². The standard InChI is InChI=1S/C14H21N5OS/c1-3-10-6-11-12(16-14(18-15)17-13(11)21-10)19(2)7-8-4-9(20)5-8/h6,8-9,20H,3-5,7,15H2,1-2H3,(H,16,17,18). The lowest BCUT2D eigenvalue weighted by molar-refractivity contribution is 0.0464. The van der Waals surface area contributed by atoms with Gasteiger partial charge in [-0.2, -0.15) is 4.98 Å². The van der Waals surface area contributed by atoms with E-state index in [0.29, 0.717) is 11.9 Å². The summed E-state index contributed by atoms with van der Waals surface area (Å²) >= 11 is 1.68. The smallest absolute Gasteiger partial charge is 0.240 e. The van der Waals surface area contributed by atoms with Crippen molar-refractivity contribution in [3.63, 3.8) is 0 Å². The highest BCUT2D eigenvalue weighted by molar-refractivity contribution is 7.18. The second kappa shape index (κ2) is 5.75. The van der Waals surface area contributed by atoms with E-state index < -0.39 is 0 Å². The summed E-state index contributed by atoms with van der Waals surface area (Å²) in [6, 6.07) is 2.17. The first-order valence-electron chi connectivity index (χ1n) is 7.27. The fourth-order valence-corrected chi connectivity index (χ4v) is 3.77. The van der Waals surface area contributed by atoms with Gasteiger partial charge in [0.1, 0.15) is 10.6 Å². The minimum absolute atomic E-state index is 0.122. The largest absolute Gasteiger partial charge is 0.393 e. The zero-order chi connectivity index (χ0) is 15.0. The van der Waals surface area contributed by atoms with Crippen molar-refractivity contribution in [2.45, 2.75) is 32.3 Å². The van der Waals surface area contributed by atoms with Crippen molar-refractivity contribution < 1.29 is 5.11 Å². The molecule has 0 amide bonds. The molecule has 0 aliphatic heterocycles. The third kappa shape index (κ3) is 2.81. The minimum Gasteiger partial charge on any atom is -0.393 e. The van der Waals surface area contributed by atoms with Gasteiger partial charge in [0, 0.05) is 18.5 Å². The van der Waals surface area contributed by atoms with E-state index >= 15 is 0 Å². The van der Waals surface area contributed by atoms with Gasteiger partial charge in [0.15, 0.2) is 0 Å². The van der Waals surface area contributed by atoms with Crippen molar-refractivity contribution in [2.75, 3.05) is 23.9 Å². The molecule has 0 saturated heterocycles. The van der Waals surface area contributed by atoms with Crippen LogP contribution in [0.15, 0.2) is 6.07 Å². The molecule has 1 aliphatic carbocycles. The van der Waals surface area contributed by atoms with Crippen molar-refractivity contribution >= 4 is 33.3 Å². The predicted molar refractivity (Wildman–Crippen MR) is 86.6 cm³/mol. The maximum Gasteiger partial charge on any atom is 0.240 e. The Hall–Kier alpha value is -1.44. The fraction of sp³-hybridized carbons (Fsp3) is 0.571. The van der Waals surface area contributed by atoms with Crippen LogP contribution in [-0.2, 0) is 6.42 Å². The second-order valence-electron chi connectivity index (χ2n) is 5.67. The van der Waals surface area contributed by atoms with Gasteiger partial charge in [-0.05, 0) is 31.2 Å². The van der Waals surface area contributed by atoms with Gasteiger partial charge < -0.3 is 10.0 Å². The number of thiophene rings is 1. The predicted octanol–water partition coefficient (Wildman–Crippen LogP) is 1.75. The van der Waals surface area contributed by atoms with Crippen LogP contribution in [0.3, 0.4) is 0 Å². The van der Waals surface area contributed by atoms with Gasteiger partial charge in [-0.1, -0.05) is 6.92 Å². The summed E-state index contributed by atoms with van der Waals surface area (Å²) in [5.41, 5.74) is 2.55. The molecule has 2 heterocycles. The highest BCUT2D eigenvalue weighted by atomic mass is 32.1. The molecule has 2 aromatic heterocycles. The number of hydrogen-bond donors (Lipinski definition) is 3. The summed E-state index contributed by atoms with van der Waals surface area (Å²) in [4.78, 5) is 13.4. The number of aromatic nitrogens is 2. The molecule has 7 heteroatoms. The van der Waals surface area contributed by atoms with Crippen LogP contribution in [-0.4, -0.2) is 34.8 Å². The van der Waals surface area contributed by atoms with Crippen LogP contribution in [0, 0.1) is 5.92 Å². The Labute approximate surface area is 128 Å². The summed E-state index contributed by atoms with van der Waals surface area (Å²) in [6.45, 7) is 3.03. The first kappa shape index (κ1) is 14.5. The van der Waals surface area contributed by atoms with Gasteiger partial charge >= 0.3 is 0 Å². The molecule has 0 atom stereocenters. The zero-order valence-electron chi connectivity index (χ0n) is 12.3. The van der Waals surface area contributed by atoms with Crippen molar-refractivity contribution in [1.29, 1.82) is 0 Å². The fourth-order valence-electron chi connectivity index (χ4n) is 2.81. The van der Waals surface area contributed by atoms with Crippen LogP contribution in [0.2, 0.25) is 0 Å².